The molecule has 0 atom stereocenters. The molecule has 1 saturated carbocycles. The van der Waals surface area contributed by atoms with Crippen LogP contribution in [0.25, 0.3) is 0 Å². The Hall–Kier alpha value is -1.31. The highest BCUT2D eigenvalue weighted by Gasteiger charge is 2.41. The second kappa shape index (κ2) is 6.43. The fourth-order valence-electron chi connectivity index (χ4n) is 2.50. The fraction of sp³-hybridized carbons (Fsp3) is 0.429. The number of hydrogen-bond donors (Lipinski definition) is 3. The van der Waals surface area contributed by atoms with Gasteiger partial charge in [0.15, 0.2) is 0 Å². The maximum absolute atomic E-state index is 11.9. The molecule has 0 saturated heterocycles. The SMILES string of the molecule is O=C(NCC1(C(=O)O)CCCC1)Nc1ccccc1I. The van der Waals surface area contributed by atoms with Crippen molar-refractivity contribution >= 4 is 40.3 Å². The molecule has 1 fully saturated rings. The van der Waals surface area contributed by atoms with E-state index in [1.54, 1.807) is 0 Å². The smallest absolute Gasteiger partial charge is 0.319 e. The van der Waals surface area contributed by atoms with Crippen LogP contribution in [0, 0.1) is 8.99 Å². The van der Waals surface area contributed by atoms with Crippen molar-refractivity contribution in [2.75, 3.05) is 11.9 Å². The number of rotatable bonds is 4. The number of aliphatic carboxylic acids is 1. The van der Waals surface area contributed by atoms with Gasteiger partial charge in [0.05, 0.1) is 11.1 Å². The lowest BCUT2D eigenvalue weighted by molar-refractivity contribution is -0.148. The van der Waals surface area contributed by atoms with E-state index in [-0.39, 0.29) is 12.6 Å². The molecule has 20 heavy (non-hydrogen) atoms. The summed E-state index contributed by atoms with van der Waals surface area (Å²) in [4.78, 5) is 23.2. The Kier molecular flexibility index (Phi) is 4.85. The zero-order chi connectivity index (χ0) is 14.6. The minimum absolute atomic E-state index is 0.178. The molecule has 0 heterocycles. The predicted molar refractivity (Wildman–Crippen MR) is 84.7 cm³/mol. The van der Waals surface area contributed by atoms with Crippen molar-refractivity contribution in [3.8, 4) is 0 Å². The Labute approximate surface area is 131 Å². The number of nitrogens with one attached hydrogen (secondary N) is 2. The third kappa shape index (κ3) is 3.41. The maximum Gasteiger partial charge on any atom is 0.319 e. The molecule has 2 rings (SSSR count). The molecule has 0 aliphatic heterocycles. The van der Waals surface area contributed by atoms with Gasteiger partial charge in [-0.2, -0.15) is 0 Å². The first-order chi connectivity index (χ1) is 9.53. The number of para-hydroxylation sites is 1. The first-order valence-electron chi connectivity index (χ1n) is 6.56. The van der Waals surface area contributed by atoms with Crippen LogP contribution in [0.4, 0.5) is 10.5 Å². The first kappa shape index (κ1) is 15.1. The summed E-state index contributed by atoms with van der Waals surface area (Å²) >= 11 is 2.14. The molecule has 0 unspecified atom stereocenters. The summed E-state index contributed by atoms with van der Waals surface area (Å²) in [5.41, 5.74) is -0.0670. The van der Waals surface area contributed by atoms with E-state index < -0.39 is 11.4 Å². The van der Waals surface area contributed by atoms with E-state index >= 15 is 0 Å². The number of benzene rings is 1. The molecule has 5 nitrogen and oxygen atoms in total. The normalized spacial score (nSPS) is 16.6. The van der Waals surface area contributed by atoms with Crippen molar-refractivity contribution in [3.63, 3.8) is 0 Å². The van der Waals surface area contributed by atoms with E-state index in [0.717, 1.165) is 22.1 Å². The van der Waals surface area contributed by atoms with Crippen LogP contribution in [0.15, 0.2) is 24.3 Å². The summed E-state index contributed by atoms with van der Waals surface area (Å²) < 4.78 is 0.939. The second-order valence-electron chi connectivity index (χ2n) is 5.08. The zero-order valence-corrected chi connectivity index (χ0v) is 13.1. The number of carboxylic acids is 1. The average Bonchev–Trinajstić information content (AvgIpc) is 2.89. The highest BCUT2D eigenvalue weighted by atomic mass is 127. The van der Waals surface area contributed by atoms with Crippen LogP contribution in [0.5, 0.6) is 0 Å². The van der Waals surface area contributed by atoms with E-state index in [1.807, 2.05) is 24.3 Å². The lowest BCUT2D eigenvalue weighted by Crippen LogP contribution is -2.42. The number of hydrogen-bond acceptors (Lipinski definition) is 2. The molecule has 0 spiro atoms. The summed E-state index contributed by atoms with van der Waals surface area (Å²) in [6.07, 6.45) is 3.08. The monoisotopic (exact) mass is 388 g/mol. The van der Waals surface area contributed by atoms with Gasteiger partial charge >= 0.3 is 12.0 Å². The fourth-order valence-corrected chi connectivity index (χ4v) is 3.02. The molecular weight excluding hydrogens is 371 g/mol. The van der Waals surface area contributed by atoms with Crippen molar-refractivity contribution in [2.45, 2.75) is 25.7 Å². The second-order valence-corrected chi connectivity index (χ2v) is 6.24. The molecule has 2 amide bonds. The van der Waals surface area contributed by atoms with Gasteiger partial charge in [0.1, 0.15) is 0 Å². The van der Waals surface area contributed by atoms with E-state index in [2.05, 4.69) is 33.2 Å². The van der Waals surface area contributed by atoms with Crippen molar-refractivity contribution in [1.82, 2.24) is 5.32 Å². The van der Waals surface area contributed by atoms with Gasteiger partial charge < -0.3 is 15.7 Å². The minimum atomic E-state index is -0.815. The quantitative estimate of drug-likeness (QED) is 0.694. The van der Waals surface area contributed by atoms with Gasteiger partial charge in [-0.15, -0.1) is 0 Å². The van der Waals surface area contributed by atoms with Gasteiger partial charge in [-0.25, -0.2) is 4.79 Å². The Morgan fingerprint density at radius 1 is 1.25 bits per heavy atom. The highest BCUT2D eigenvalue weighted by molar-refractivity contribution is 14.1. The number of halogens is 1. The number of urea groups is 1. The molecule has 1 aliphatic carbocycles. The summed E-state index contributed by atoms with van der Waals surface area (Å²) in [6.45, 7) is 0.178. The van der Waals surface area contributed by atoms with Crippen LogP contribution in [-0.4, -0.2) is 23.7 Å². The Bertz CT molecular complexity index is 513. The van der Waals surface area contributed by atoms with Crippen LogP contribution in [0.2, 0.25) is 0 Å². The predicted octanol–water partition coefficient (Wildman–Crippen LogP) is 3.06. The molecule has 108 valence electrons. The van der Waals surface area contributed by atoms with Crippen LogP contribution >= 0.6 is 22.6 Å². The number of carbonyl (C=O) groups is 2. The third-order valence-electron chi connectivity index (χ3n) is 3.72. The van der Waals surface area contributed by atoms with Crippen LogP contribution in [0.1, 0.15) is 25.7 Å². The number of amides is 2. The number of anilines is 1. The largest absolute Gasteiger partial charge is 0.481 e. The van der Waals surface area contributed by atoms with E-state index in [1.165, 1.54) is 0 Å². The molecule has 6 heteroatoms. The standard InChI is InChI=1S/C14H17IN2O3/c15-10-5-1-2-6-11(10)17-13(20)16-9-14(12(18)19)7-3-4-8-14/h1-2,5-6H,3-4,7-9H2,(H,18,19)(H2,16,17,20). The zero-order valence-electron chi connectivity index (χ0n) is 11.0. The van der Waals surface area contributed by atoms with Gasteiger partial charge in [0.2, 0.25) is 0 Å². The van der Waals surface area contributed by atoms with Crippen LogP contribution in [0.3, 0.4) is 0 Å². The maximum atomic E-state index is 11.9. The summed E-state index contributed by atoms with van der Waals surface area (Å²) in [5, 5.41) is 14.8. The molecule has 0 radical (unpaired) electrons. The van der Waals surface area contributed by atoms with Crippen molar-refractivity contribution in [1.29, 1.82) is 0 Å². The highest BCUT2D eigenvalue weighted by Crippen LogP contribution is 2.37. The molecular formula is C14H17IN2O3. The molecule has 3 N–H and O–H groups in total. The summed E-state index contributed by atoms with van der Waals surface area (Å²) in [6, 6.07) is 7.08. The van der Waals surface area contributed by atoms with Crippen molar-refractivity contribution in [3.05, 3.63) is 27.8 Å². The van der Waals surface area contributed by atoms with Crippen LogP contribution < -0.4 is 10.6 Å². The van der Waals surface area contributed by atoms with Gasteiger partial charge in [0.25, 0.3) is 0 Å². The minimum Gasteiger partial charge on any atom is -0.481 e. The topological polar surface area (TPSA) is 78.4 Å². The van der Waals surface area contributed by atoms with Gasteiger partial charge in [-0.1, -0.05) is 25.0 Å². The van der Waals surface area contributed by atoms with E-state index in [0.29, 0.717) is 12.8 Å². The molecule has 0 aromatic heterocycles. The summed E-state index contributed by atoms with van der Waals surface area (Å²) in [7, 11) is 0. The Balaban J connectivity index is 1.92. The van der Waals surface area contributed by atoms with Crippen molar-refractivity contribution in [2.24, 2.45) is 5.41 Å². The number of carbonyl (C=O) groups excluding carboxylic acids is 1. The molecule has 1 aromatic rings. The molecule has 0 bridgehead atoms. The summed E-state index contributed by atoms with van der Waals surface area (Å²) in [5.74, 6) is -0.815. The van der Waals surface area contributed by atoms with Gasteiger partial charge in [0, 0.05) is 10.1 Å². The number of carboxylic acid groups (broad SMARTS) is 1. The Morgan fingerprint density at radius 2 is 1.90 bits per heavy atom. The lowest BCUT2D eigenvalue weighted by Gasteiger charge is -2.24. The van der Waals surface area contributed by atoms with Gasteiger partial charge in [-0.3, -0.25) is 4.79 Å². The van der Waals surface area contributed by atoms with E-state index in [4.69, 9.17) is 0 Å². The average molecular weight is 388 g/mol. The Morgan fingerprint density at radius 3 is 2.50 bits per heavy atom. The van der Waals surface area contributed by atoms with Crippen LogP contribution in [-0.2, 0) is 4.79 Å². The molecule has 1 aromatic carbocycles. The third-order valence-corrected chi connectivity index (χ3v) is 4.66. The lowest BCUT2D eigenvalue weighted by atomic mass is 9.86. The first-order valence-corrected chi connectivity index (χ1v) is 7.64. The molecule has 1 aliphatic rings. The van der Waals surface area contributed by atoms with E-state index in [9.17, 15) is 14.7 Å². The van der Waals surface area contributed by atoms with Gasteiger partial charge in [-0.05, 0) is 47.6 Å². The van der Waals surface area contributed by atoms with Crippen molar-refractivity contribution < 1.29 is 14.7 Å².